The molecule has 360 valence electrons. The van der Waals surface area contributed by atoms with Gasteiger partial charge in [0.1, 0.15) is 60.7 Å². The second kappa shape index (κ2) is 29.0. The normalized spacial score (nSPS) is 11.7. The number of hydrogen-bond acceptors (Lipinski definition) is 28. The van der Waals surface area contributed by atoms with E-state index in [9.17, 15) is 77.8 Å². The van der Waals surface area contributed by atoms with Crippen molar-refractivity contribution in [3.8, 4) is 0 Å². The molecular formula is C32H18Cl2N10Na6O18S6. The van der Waals surface area contributed by atoms with Crippen molar-refractivity contribution >= 4 is 143 Å². The van der Waals surface area contributed by atoms with E-state index < -0.39 is 136 Å². The molecule has 0 amide bonds. The third-order valence-corrected chi connectivity index (χ3v) is 13.8. The van der Waals surface area contributed by atoms with Crippen molar-refractivity contribution in [2.45, 2.75) is 29.4 Å². The van der Waals surface area contributed by atoms with E-state index in [4.69, 9.17) is 23.2 Å². The number of aromatic nitrogens is 6. The molecule has 0 saturated carbocycles. The van der Waals surface area contributed by atoms with Crippen LogP contribution in [0.4, 0.5) is 46.5 Å². The van der Waals surface area contributed by atoms with Crippen LogP contribution in [-0.4, -0.2) is 108 Å². The summed E-state index contributed by atoms with van der Waals surface area (Å²) in [4.78, 5) is 16.8. The first-order valence-electron chi connectivity index (χ1n) is 17.1. The summed E-state index contributed by atoms with van der Waals surface area (Å²) in [5.41, 5.74) is -2.74. The van der Waals surface area contributed by atoms with E-state index in [1.807, 2.05) is 0 Å². The number of rotatable bonds is 16. The molecule has 4 N–H and O–H groups in total. The summed E-state index contributed by atoms with van der Waals surface area (Å²) >= 11 is 11.9. The van der Waals surface area contributed by atoms with Crippen LogP contribution in [0.15, 0.2) is 102 Å². The fourth-order valence-electron chi connectivity index (χ4n) is 5.50. The first-order valence-corrected chi connectivity index (χ1v) is 26.4. The predicted molar refractivity (Wildman–Crippen MR) is 225 cm³/mol. The van der Waals surface area contributed by atoms with Gasteiger partial charge in [-0.05, 0) is 95.0 Å². The third-order valence-electron chi connectivity index (χ3n) is 8.25. The zero-order valence-electron chi connectivity index (χ0n) is 38.3. The maximum Gasteiger partial charge on any atom is 1.00 e. The Morgan fingerprint density at radius 3 is 0.905 bits per heavy atom. The largest absolute Gasteiger partial charge is 1.00 e. The molecule has 0 aliphatic carbocycles. The molecular weight excluding hydrogens is 1210 g/mol. The number of hydrogen-bond donors (Lipinski definition) is 4. The van der Waals surface area contributed by atoms with Crippen LogP contribution in [-0.2, 0) is 60.7 Å². The van der Waals surface area contributed by atoms with Gasteiger partial charge in [0.15, 0.2) is 0 Å². The van der Waals surface area contributed by atoms with E-state index in [-0.39, 0.29) is 200 Å². The van der Waals surface area contributed by atoms with Crippen LogP contribution in [0.2, 0.25) is 10.6 Å². The Morgan fingerprint density at radius 2 is 0.635 bits per heavy atom. The third kappa shape index (κ3) is 20.5. The van der Waals surface area contributed by atoms with Crippen LogP contribution in [0.1, 0.15) is 11.1 Å². The zero-order chi connectivity index (χ0) is 50.4. The van der Waals surface area contributed by atoms with Crippen LogP contribution in [0.3, 0.4) is 0 Å². The molecule has 0 saturated heterocycles. The number of halogens is 2. The van der Waals surface area contributed by atoms with Crippen molar-refractivity contribution in [2.24, 2.45) is 0 Å². The number of nitrogens with one attached hydrogen (secondary N) is 4. The van der Waals surface area contributed by atoms with Gasteiger partial charge in [-0.25, -0.2) is 50.5 Å². The maximum atomic E-state index is 12.4. The molecule has 0 radical (unpaired) electrons. The topological polar surface area (TPSA) is 469 Å². The molecule has 74 heavy (non-hydrogen) atoms. The minimum absolute atomic E-state index is 0. The second-order valence-corrected chi connectivity index (χ2v) is 21.7. The molecule has 0 atom stereocenters. The maximum absolute atomic E-state index is 12.4. The Balaban J connectivity index is 0.00000888. The summed E-state index contributed by atoms with van der Waals surface area (Å²) in [7, 11) is -31.7. The summed E-state index contributed by atoms with van der Waals surface area (Å²) in [6, 6.07) is 9.12. The molecule has 0 fully saturated rings. The Hall–Kier alpha value is -0.120. The van der Waals surface area contributed by atoms with E-state index in [2.05, 4.69) is 51.2 Å². The first kappa shape index (κ1) is 73.9. The summed E-state index contributed by atoms with van der Waals surface area (Å²) in [6.45, 7) is 0. The van der Waals surface area contributed by atoms with E-state index >= 15 is 0 Å². The summed E-state index contributed by atoms with van der Waals surface area (Å²) in [5.74, 6) is -2.34. The van der Waals surface area contributed by atoms with Gasteiger partial charge in [0, 0.05) is 11.4 Å². The average molecular weight is 1230 g/mol. The van der Waals surface area contributed by atoms with Gasteiger partial charge in [-0.1, -0.05) is 24.3 Å². The monoisotopic (exact) mass is 1230 g/mol. The van der Waals surface area contributed by atoms with Crippen LogP contribution in [0.5, 0.6) is 0 Å². The van der Waals surface area contributed by atoms with Gasteiger partial charge in [-0.15, -0.1) is 0 Å². The van der Waals surface area contributed by atoms with Gasteiger partial charge >= 0.3 is 177 Å². The van der Waals surface area contributed by atoms with E-state index in [0.29, 0.717) is 36.4 Å². The molecule has 0 spiro atoms. The van der Waals surface area contributed by atoms with Crippen LogP contribution in [0, 0.1) is 0 Å². The predicted octanol–water partition coefficient (Wildman–Crippen LogP) is -16.0. The van der Waals surface area contributed by atoms with E-state index in [1.54, 1.807) is 0 Å². The molecule has 0 aliphatic rings. The minimum Gasteiger partial charge on any atom is -0.744 e. The van der Waals surface area contributed by atoms with Gasteiger partial charge in [0.05, 0.1) is 40.7 Å². The van der Waals surface area contributed by atoms with Crippen molar-refractivity contribution in [1.82, 2.24) is 29.9 Å². The Bertz CT molecular complexity index is 3580. The molecule has 42 heteroatoms. The molecule has 6 rings (SSSR count). The van der Waals surface area contributed by atoms with Gasteiger partial charge in [0.2, 0.25) is 34.4 Å². The van der Waals surface area contributed by atoms with Crippen LogP contribution >= 0.6 is 23.2 Å². The molecule has 2 heterocycles. The quantitative estimate of drug-likeness (QED) is 0.0397. The fraction of sp³-hybridized carbons (Fsp3) is 0. The van der Waals surface area contributed by atoms with Gasteiger partial charge in [-0.3, -0.25) is 0 Å². The van der Waals surface area contributed by atoms with Crippen molar-refractivity contribution in [1.29, 1.82) is 0 Å². The summed E-state index contributed by atoms with van der Waals surface area (Å²) < 4.78 is 215. The van der Waals surface area contributed by atoms with Crippen molar-refractivity contribution < 1.29 is 255 Å². The van der Waals surface area contributed by atoms with Gasteiger partial charge in [-0.2, -0.15) is 29.9 Å². The number of anilines is 8. The zero-order valence-corrected chi connectivity index (χ0v) is 56.7. The summed E-state index contributed by atoms with van der Waals surface area (Å²) in [5, 5.41) is 8.19. The molecule has 0 bridgehead atoms. The minimum atomic E-state index is -5.37. The standard InChI is InChI=1S/C32H24Cl2N10O18S6.6Na/c33-27-39-29(43-31(41-27)37-21-13-19(63(45,46)47)7-9-23(21)65(51,52)53)35-17-5-3-15(25(11-17)67(57,58)59)1-2-16-4-6-18(12-26(16)68(60,61)62)36-30-40-28(34)42-32(44-30)38-22-14-20(64(48,49)50)8-10-24(22)66(54,55)56;;;;;;/h1-14H,(H,45,46,47)(H,48,49,50)(H,51,52,53)(H,54,55,56)(H,57,58,59)(H,60,61,62)(H2,35,37,39,41,43)(H2,36,38,40,42,44);;;;;;/q;6*+1/p-6. The number of benzene rings is 4. The molecule has 0 aliphatic heterocycles. The van der Waals surface area contributed by atoms with Crippen LogP contribution in [0.25, 0.3) is 12.2 Å². The van der Waals surface area contributed by atoms with Gasteiger partial charge < -0.3 is 48.6 Å². The Kier molecular flexibility index (Phi) is 29.0. The Morgan fingerprint density at radius 1 is 0.351 bits per heavy atom. The SMILES string of the molecule is O=S(=O)([O-])c1ccc(S(=O)(=O)[O-])c(Nc2nc(Cl)nc(Nc3ccc(C=Cc4ccc(Nc5nc(Cl)nc(Nc6cc(S(=O)(=O)[O-])ccc6S(=O)(=O)[O-])n5)cc4S(=O)(=O)[O-])c(S(=O)(=O)[O-])c3)n2)c1.[Na+].[Na+].[Na+].[Na+].[Na+].[Na+]. The van der Waals surface area contributed by atoms with Crippen molar-refractivity contribution in [3.63, 3.8) is 0 Å². The fourth-order valence-corrected chi connectivity index (χ4v) is 9.43. The van der Waals surface area contributed by atoms with Crippen molar-refractivity contribution in [3.05, 3.63) is 94.5 Å². The van der Waals surface area contributed by atoms with E-state index in [0.717, 1.165) is 48.6 Å². The summed E-state index contributed by atoms with van der Waals surface area (Å²) in [6.07, 6.45) is 1.89. The smallest absolute Gasteiger partial charge is 0.744 e. The molecule has 0 unspecified atom stereocenters. The molecule has 6 aromatic rings. The first-order chi connectivity index (χ1) is 31.2. The van der Waals surface area contributed by atoms with E-state index in [1.165, 1.54) is 0 Å². The van der Waals surface area contributed by atoms with Crippen molar-refractivity contribution in [2.75, 3.05) is 21.3 Å². The Labute approximate surface area is 563 Å². The molecule has 2 aromatic heterocycles. The molecule has 28 nitrogen and oxygen atoms in total. The second-order valence-electron chi connectivity index (χ2n) is 12.9. The van der Waals surface area contributed by atoms with Gasteiger partial charge in [0.25, 0.3) is 0 Å². The number of nitrogens with zero attached hydrogens (tertiary/aromatic N) is 6. The van der Waals surface area contributed by atoms with Crippen LogP contribution < -0.4 is 199 Å². The molecule has 4 aromatic carbocycles. The average Bonchev–Trinajstić information content (AvgIpc) is 3.18.